The Morgan fingerprint density at radius 2 is 1.86 bits per heavy atom. The van der Waals surface area contributed by atoms with Gasteiger partial charge in [0.15, 0.2) is 6.29 Å². The lowest BCUT2D eigenvalue weighted by molar-refractivity contribution is 0.112. The lowest BCUT2D eigenvalue weighted by Crippen LogP contribution is -2.00. The highest BCUT2D eigenvalue weighted by atomic mass is 35.5. The summed E-state index contributed by atoms with van der Waals surface area (Å²) < 4.78 is 28.3. The molecule has 2 nitrogen and oxygen atoms in total. The minimum Gasteiger partial charge on any atom is -0.327 e. The average molecular weight is 306 g/mol. The van der Waals surface area contributed by atoms with E-state index in [9.17, 15) is 13.6 Å². The number of rotatable bonds is 3. The van der Waals surface area contributed by atoms with E-state index < -0.39 is 5.82 Å². The van der Waals surface area contributed by atoms with Gasteiger partial charge in [-0.25, -0.2) is 8.78 Å². The molecule has 0 bridgehead atoms. The zero-order valence-corrected chi connectivity index (χ0v) is 11.6. The fourth-order valence-corrected chi connectivity index (χ4v) is 2.70. The maximum Gasteiger partial charge on any atom is 0.153 e. The van der Waals surface area contributed by atoms with Crippen molar-refractivity contribution in [3.8, 4) is 0 Å². The van der Waals surface area contributed by atoms with Crippen LogP contribution in [0.5, 0.6) is 0 Å². The van der Waals surface area contributed by atoms with E-state index in [0.29, 0.717) is 29.3 Å². The number of nitrogens with zero attached hydrogens (tertiary/aromatic N) is 1. The molecule has 0 radical (unpaired) electrons. The van der Waals surface area contributed by atoms with E-state index in [1.807, 2.05) is 0 Å². The topological polar surface area (TPSA) is 22.0 Å². The second-order valence-corrected chi connectivity index (χ2v) is 5.06. The van der Waals surface area contributed by atoms with Crippen molar-refractivity contribution in [3.63, 3.8) is 0 Å². The summed E-state index contributed by atoms with van der Waals surface area (Å²) >= 11 is 6.21. The van der Waals surface area contributed by atoms with Crippen LogP contribution in [-0.4, -0.2) is 10.9 Å². The standard InChI is InChI=1S/C16H10ClF2NO/c17-16-14(9-21)13-7-12(19)4-5-15(13)20(16)8-10-2-1-3-11(18)6-10/h1-7,9H,8H2. The summed E-state index contributed by atoms with van der Waals surface area (Å²) in [7, 11) is 0. The molecule has 21 heavy (non-hydrogen) atoms. The maximum absolute atomic E-state index is 13.4. The number of benzene rings is 2. The van der Waals surface area contributed by atoms with Gasteiger partial charge in [-0.05, 0) is 35.9 Å². The zero-order valence-electron chi connectivity index (χ0n) is 10.8. The highest BCUT2D eigenvalue weighted by molar-refractivity contribution is 6.34. The molecule has 1 aromatic heterocycles. The fourth-order valence-electron chi connectivity index (χ4n) is 2.41. The van der Waals surface area contributed by atoms with Gasteiger partial charge in [-0.3, -0.25) is 4.79 Å². The van der Waals surface area contributed by atoms with Crippen molar-refractivity contribution in [2.45, 2.75) is 6.54 Å². The van der Waals surface area contributed by atoms with Crippen molar-refractivity contribution in [3.05, 3.63) is 70.4 Å². The number of hydrogen-bond donors (Lipinski definition) is 0. The third-order valence-corrected chi connectivity index (χ3v) is 3.75. The van der Waals surface area contributed by atoms with Crippen LogP contribution in [0.25, 0.3) is 10.9 Å². The summed E-state index contributed by atoms with van der Waals surface area (Å²) in [6.07, 6.45) is 0.603. The summed E-state index contributed by atoms with van der Waals surface area (Å²) in [6.45, 7) is 0.298. The minimum atomic E-state index is -0.440. The zero-order chi connectivity index (χ0) is 15.0. The van der Waals surface area contributed by atoms with Gasteiger partial charge < -0.3 is 4.57 Å². The minimum absolute atomic E-state index is 0.217. The molecule has 0 fully saturated rings. The molecule has 0 N–H and O–H groups in total. The van der Waals surface area contributed by atoms with Gasteiger partial charge in [-0.2, -0.15) is 0 Å². The second-order valence-electron chi connectivity index (χ2n) is 4.70. The van der Waals surface area contributed by atoms with E-state index in [2.05, 4.69) is 0 Å². The molecule has 106 valence electrons. The third-order valence-electron chi connectivity index (χ3n) is 3.35. The second kappa shape index (κ2) is 5.30. The number of carbonyl (C=O) groups is 1. The molecule has 0 saturated heterocycles. The number of hydrogen-bond acceptors (Lipinski definition) is 1. The first-order chi connectivity index (χ1) is 10.1. The van der Waals surface area contributed by atoms with Crippen LogP contribution in [0, 0.1) is 11.6 Å². The van der Waals surface area contributed by atoms with E-state index in [-0.39, 0.29) is 16.5 Å². The first kappa shape index (κ1) is 13.8. The van der Waals surface area contributed by atoms with E-state index >= 15 is 0 Å². The van der Waals surface area contributed by atoms with Gasteiger partial charge in [-0.15, -0.1) is 0 Å². The third kappa shape index (κ3) is 2.43. The predicted molar refractivity (Wildman–Crippen MR) is 77.8 cm³/mol. The molecule has 0 atom stereocenters. The summed E-state index contributed by atoms with van der Waals surface area (Å²) in [5.74, 6) is -0.785. The Kier molecular flexibility index (Phi) is 3.47. The van der Waals surface area contributed by atoms with Gasteiger partial charge in [0.1, 0.15) is 16.8 Å². The highest BCUT2D eigenvalue weighted by Crippen LogP contribution is 2.30. The molecule has 0 aliphatic rings. The summed E-state index contributed by atoms with van der Waals surface area (Å²) in [5.41, 5.74) is 1.57. The molecule has 1 heterocycles. The maximum atomic E-state index is 13.4. The number of halogens is 3. The van der Waals surface area contributed by atoms with E-state index in [1.165, 1.54) is 24.3 Å². The van der Waals surface area contributed by atoms with Crippen molar-refractivity contribution < 1.29 is 13.6 Å². The van der Waals surface area contributed by atoms with E-state index in [0.717, 1.165) is 0 Å². The Morgan fingerprint density at radius 3 is 2.57 bits per heavy atom. The van der Waals surface area contributed by atoms with Crippen LogP contribution in [0.4, 0.5) is 8.78 Å². The normalized spacial score (nSPS) is 11.0. The molecule has 0 aliphatic carbocycles. The molecular formula is C16H10ClF2NO. The molecule has 0 spiro atoms. The van der Waals surface area contributed by atoms with Crippen molar-refractivity contribution in [1.82, 2.24) is 4.57 Å². The van der Waals surface area contributed by atoms with Gasteiger partial charge in [0.05, 0.1) is 11.1 Å². The van der Waals surface area contributed by atoms with E-state index in [1.54, 1.807) is 22.8 Å². The Bertz CT molecular complexity index is 842. The molecule has 0 amide bonds. The largest absolute Gasteiger partial charge is 0.327 e. The molecular weight excluding hydrogens is 296 g/mol. The molecule has 5 heteroatoms. The highest BCUT2D eigenvalue weighted by Gasteiger charge is 2.16. The van der Waals surface area contributed by atoms with Crippen LogP contribution in [0.3, 0.4) is 0 Å². The van der Waals surface area contributed by atoms with Crippen molar-refractivity contribution in [1.29, 1.82) is 0 Å². The SMILES string of the molecule is O=Cc1c(Cl)n(Cc2cccc(F)c2)c2ccc(F)cc12. The first-order valence-electron chi connectivity index (χ1n) is 6.27. The van der Waals surface area contributed by atoms with Gasteiger partial charge in [-0.1, -0.05) is 23.7 Å². The Balaban J connectivity index is 2.18. The number of fused-ring (bicyclic) bond motifs is 1. The average Bonchev–Trinajstić information content (AvgIpc) is 2.70. The molecule has 0 unspecified atom stereocenters. The molecule has 2 aromatic carbocycles. The van der Waals surface area contributed by atoms with Gasteiger partial charge >= 0.3 is 0 Å². The molecule has 0 aliphatic heterocycles. The lowest BCUT2D eigenvalue weighted by atomic mass is 10.2. The van der Waals surface area contributed by atoms with Crippen LogP contribution in [0.15, 0.2) is 42.5 Å². The predicted octanol–water partition coefficient (Wildman–Crippen LogP) is 4.43. The van der Waals surface area contributed by atoms with Crippen molar-refractivity contribution in [2.24, 2.45) is 0 Å². The fraction of sp³-hybridized carbons (Fsp3) is 0.0625. The quantitative estimate of drug-likeness (QED) is 0.656. The summed E-state index contributed by atoms with van der Waals surface area (Å²) in [4.78, 5) is 11.2. The smallest absolute Gasteiger partial charge is 0.153 e. The van der Waals surface area contributed by atoms with Crippen molar-refractivity contribution in [2.75, 3.05) is 0 Å². The van der Waals surface area contributed by atoms with Gasteiger partial charge in [0, 0.05) is 11.9 Å². The van der Waals surface area contributed by atoms with Crippen LogP contribution in [0.1, 0.15) is 15.9 Å². The molecule has 3 rings (SSSR count). The van der Waals surface area contributed by atoms with Gasteiger partial charge in [0.2, 0.25) is 0 Å². The number of carbonyl (C=O) groups excluding carboxylic acids is 1. The van der Waals surface area contributed by atoms with Crippen LogP contribution in [0.2, 0.25) is 5.15 Å². The number of aldehydes is 1. The van der Waals surface area contributed by atoms with Crippen LogP contribution >= 0.6 is 11.6 Å². The first-order valence-corrected chi connectivity index (χ1v) is 6.65. The monoisotopic (exact) mass is 305 g/mol. The Hall–Kier alpha value is -2.20. The lowest BCUT2D eigenvalue weighted by Gasteiger charge is -2.07. The summed E-state index contributed by atoms with van der Waals surface area (Å²) in [6, 6.07) is 10.2. The van der Waals surface area contributed by atoms with E-state index in [4.69, 9.17) is 11.6 Å². The molecule has 0 saturated carbocycles. The summed E-state index contributed by atoms with van der Waals surface area (Å²) in [5, 5.41) is 0.668. The van der Waals surface area contributed by atoms with Crippen LogP contribution < -0.4 is 0 Å². The molecule has 3 aromatic rings. The van der Waals surface area contributed by atoms with Gasteiger partial charge in [0.25, 0.3) is 0 Å². The number of aromatic nitrogens is 1. The van der Waals surface area contributed by atoms with Crippen LogP contribution in [-0.2, 0) is 6.54 Å². The Morgan fingerprint density at radius 1 is 1.10 bits per heavy atom. The Labute approximate surface area is 124 Å². The van der Waals surface area contributed by atoms with Crippen molar-refractivity contribution >= 4 is 28.8 Å².